The Kier molecular flexibility index (Phi) is 19.4. The fourth-order valence-electron chi connectivity index (χ4n) is 5.24. The first kappa shape index (κ1) is 45.5. The van der Waals surface area contributed by atoms with E-state index in [0.717, 1.165) is 0 Å². The van der Waals surface area contributed by atoms with E-state index in [1.807, 2.05) is 14.7 Å². The first-order valence-electron chi connectivity index (χ1n) is 17.6. The highest BCUT2D eigenvalue weighted by atomic mass is 16.6. The molecule has 1 unspecified atom stereocenters. The fraction of sp³-hybridized carbons (Fsp3) is 0.853. The van der Waals surface area contributed by atoms with Gasteiger partial charge in [-0.2, -0.15) is 0 Å². The summed E-state index contributed by atoms with van der Waals surface area (Å²) in [6.45, 7) is 18.8. The van der Waals surface area contributed by atoms with Crippen LogP contribution in [0, 0.1) is 0 Å². The number of esters is 3. The van der Waals surface area contributed by atoms with E-state index < -0.39 is 46.7 Å². The molecule has 1 fully saturated rings. The normalized spacial score (nSPS) is 17.2. The Hall–Kier alpha value is -3.50. The average Bonchev–Trinajstić information content (AvgIpc) is 2.94. The van der Waals surface area contributed by atoms with Crippen LogP contribution in [0.1, 0.15) is 81.6 Å². The quantitative estimate of drug-likeness (QED) is 0.0621. The number of amides is 1. The van der Waals surface area contributed by atoms with Gasteiger partial charge in [0.15, 0.2) is 0 Å². The van der Waals surface area contributed by atoms with Crippen LogP contribution in [0.25, 0.3) is 10.4 Å². The zero-order valence-electron chi connectivity index (χ0n) is 32.2. The van der Waals surface area contributed by atoms with E-state index in [2.05, 4.69) is 15.3 Å². The molecule has 0 aromatic carbocycles. The summed E-state index contributed by atoms with van der Waals surface area (Å²) < 4.78 is 17.0. The first-order valence-corrected chi connectivity index (χ1v) is 17.6. The van der Waals surface area contributed by atoms with Crippen molar-refractivity contribution in [3.8, 4) is 0 Å². The van der Waals surface area contributed by atoms with E-state index in [9.17, 15) is 29.1 Å². The van der Waals surface area contributed by atoms with Crippen molar-refractivity contribution in [3.63, 3.8) is 0 Å². The third-order valence-corrected chi connectivity index (χ3v) is 7.36. The molecule has 1 saturated heterocycles. The summed E-state index contributed by atoms with van der Waals surface area (Å²) in [6.07, 6.45) is 0.638. The summed E-state index contributed by atoms with van der Waals surface area (Å²) in [6, 6.07) is -0.837. The molecule has 1 aliphatic rings. The lowest BCUT2D eigenvalue weighted by Gasteiger charge is -2.37. The number of rotatable bonds is 15. The summed E-state index contributed by atoms with van der Waals surface area (Å²) in [7, 11) is 0. The van der Waals surface area contributed by atoms with Crippen molar-refractivity contribution in [1.29, 1.82) is 0 Å². The van der Waals surface area contributed by atoms with Gasteiger partial charge in [-0.25, -0.2) is 0 Å². The molecule has 1 heterocycles. The van der Waals surface area contributed by atoms with E-state index >= 15 is 0 Å². The first-order chi connectivity index (χ1) is 23.6. The Morgan fingerprint density at radius 1 is 0.725 bits per heavy atom. The highest BCUT2D eigenvalue weighted by Crippen LogP contribution is 2.17. The van der Waals surface area contributed by atoms with Crippen LogP contribution in [0.4, 0.5) is 0 Å². The lowest BCUT2D eigenvalue weighted by Crippen LogP contribution is -2.53. The molecule has 0 bridgehead atoms. The third-order valence-electron chi connectivity index (χ3n) is 7.36. The zero-order chi connectivity index (χ0) is 38.8. The molecule has 292 valence electrons. The molecule has 0 saturated carbocycles. The van der Waals surface area contributed by atoms with Gasteiger partial charge < -0.3 is 24.6 Å². The van der Waals surface area contributed by atoms with Crippen LogP contribution >= 0.6 is 0 Å². The van der Waals surface area contributed by atoms with Gasteiger partial charge in [0.05, 0.1) is 19.6 Å². The predicted octanol–water partition coefficient (Wildman–Crippen LogP) is 2.28. The number of carbonyl (C=O) groups is 5. The minimum atomic E-state index is -0.995. The number of aliphatic carboxylic acids is 1. The van der Waals surface area contributed by atoms with Gasteiger partial charge in [-0.3, -0.25) is 43.6 Å². The average molecular weight is 727 g/mol. The standard InChI is InChI=1S/C34H62N8O9/c1-32(2,3)49-29(46)24-40-17-15-39(23-28(44)45)16-18-41(25-30(47)50-33(4,5)6)20-22-42(21-19-40)26(31(48)51-34(7,8)9)11-12-27(43)36-13-10-14-37-38-35/h26H,10-25H2,1-9H3,(H,36,43)(H,44,45). The number of hydrogen-bond acceptors (Lipinski definition) is 13. The number of nitrogens with one attached hydrogen (secondary N) is 1. The largest absolute Gasteiger partial charge is 0.480 e. The number of ether oxygens (including phenoxy) is 3. The Bertz CT molecular complexity index is 1140. The maximum Gasteiger partial charge on any atom is 0.323 e. The molecule has 0 aromatic heterocycles. The van der Waals surface area contributed by atoms with Gasteiger partial charge >= 0.3 is 23.9 Å². The maximum absolute atomic E-state index is 13.8. The van der Waals surface area contributed by atoms with Gasteiger partial charge in [0.25, 0.3) is 0 Å². The summed E-state index contributed by atoms with van der Waals surface area (Å²) in [5, 5.41) is 15.9. The van der Waals surface area contributed by atoms with E-state index in [1.165, 1.54) is 0 Å². The molecule has 0 spiro atoms. The molecule has 1 rings (SSSR count). The summed E-state index contributed by atoms with van der Waals surface area (Å²) in [5.74, 6) is -2.64. The molecule has 17 nitrogen and oxygen atoms in total. The van der Waals surface area contributed by atoms with Crippen LogP contribution in [0.2, 0.25) is 0 Å². The summed E-state index contributed by atoms with van der Waals surface area (Å²) in [5.41, 5.74) is 6.27. The molecule has 0 aromatic rings. The van der Waals surface area contributed by atoms with Crippen molar-refractivity contribution in [2.45, 2.75) is 104 Å². The van der Waals surface area contributed by atoms with Crippen LogP contribution in [0.5, 0.6) is 0 Å². The van der Waals surface area contributed by atoms with Crippen LogP contribution in [0.15, 0.2) is 5.11 Å². The molecular weight excluding hydrogens is 664 g/mol. The van der Waals surface area contributed by atoms with E-state index in [0.29, 0.717) is 65.3 Å². The zero-order valence-corrected chi connectivity index (χ0v) is 32.2. The van der Waals surface area contributed by atoms with Crippen molar-refractivity contribution in [2.75, 3.05) is 85.1 Å². The van der Waals surface area contributed by atoms with Crippen molar-refractivity contribution in [1.82, 2.24) is 24.9 Å². The lowest BCUT2D eigenvalue weighted by molar-refractivity contribution is -0.163. The monoisotopic (exact) mass is 726 g/mol. The molecule has 17 heteroatoms. The van der Waals surface area contributed by atoms with Crippen molar-refractivity contribution in [2.24, 2.45) is 5.11 Å². The fourth-order valence-corrected chi connectivity index (χ4v) is 5.24. The smallest absolute Gasteiger partial charge is 0.323 e. The number of carboxylic acids is 1. The van der Waals surface area contributed by atoms with Crippen molar-refractivity contribution in [3.05, 3.63) is 10.4 Å². The maximum atomic E-state index is 13.8. The van der Waals surface area contributed by atoms with Gasteiger partial charge in [-0.05, 0) is 80.7 Å². The minimum absolute atomic E-state index is 0.0231. The molecule has 51 heavy (non-hydrogen) atoms. The Morgan fingerprint density at radius 3 is 1.57 bits per heavy atom. The second-order valence-electron chi connectivity index (χ2n) is 15.7. The van der Waals surface area contributed by atoms with E-state index in [1.54, 1.807) is 67.2 Å². The highest BCUT2D eigenvalue weighted by molar-refractivity contribution is 5.79. The number of nitrogens with zero attached hydrogens (tertiary/aromatic N) is 7. The molecular formula is C34H62N8O9. The van der Waals surface area contributed by atoms with Crippen LogP contribution in [-0.4, -0.2) is 162 Å². The van der Waals surface area contributed by atoms with Crippen LogP contribution in [-0.2, 0) is 38.2 Å². The molecule has 1 amide bonds. The number of azide groups is 1. The van der Waals surface area contributed by atoms with Gasteiger partial charge in [-0.15, -0.1) is 0 Å². The SMILES string of the molecule is CC(C)(C)OC(=O)CN1CCN(CC(=O)O)CCN(CC(=O)OC(C)(C)C)CCN(C(CCC(=O)NCCCN=[N+]=[N-])C(=O)OC(C)(C)C)CC1. The third kappa shape index (κ3) is 22.8. The Morgan fingerprint density at radius 2 is 1.16 bits per heavy atom. The van der Waals surface area contributed by atoms with Crippen molar-refractivity contribution < 1.29 is 43.3 Å². The number of hydrogen-bond donors (Lipinski definition) is 2. The van der Waals surface area contributed by atoms with E-state index in [4.69, 9.17) is 19.7 Å². The Balaban J connectivity index is 3.44. The molecule has 1 atom stereocenters. The van der Waals surface area contributed by atoms with Gasteiger partial charge in [0.2, 0.25) is 5.91 Å². The number of carboxylic acid groups (broad SMARTS) is 1. The van der Waals surface area contributed by atoms with Gasteiger partial charge in [0.1, 0.15) is 22.8 Å². The number of carbonyl (C=O) groups excluding carboxylic acids is 4. The second kappa shape index (κ2) is 21.8. The molecule has 1 aliphatic heterocycles. The summed E-state index contributed by atoms with van der Waals surface area (Å²) >= 11 is 0. The van der Waals surface area contributed by atoms with Crippen molar-refractivity contribution >= 4 is 29.8 Å². The molecule has 0 radical (unpaired) electrons. The van der Waals surface area contributed by atoms with E-state index in [-0.39, 0.29) is 44.9 Å². The van der Waals surface area contributed by atoms with Crippen LogP contribution < -0.4 is 5.32 Å². The summed E-state index contributed by atoms with van der Waals surface area (Å²) in [4.78, 5) is 74.3. The predicted molar refractivity (Wildman–Crippen MR) is 191 cm³/mol. The Labute approximate surface area is 302 Å². The minimum Gasteiger partial charge on any atom is -0.480 e. The van der Waals surface area contributed by atoms with Gasteiger partial charge in [0, 0.05) is 76.8 Å². The van der Waals surface area contributed by atoms with Gasteiger partial charge in [-0.1, -0.05) is 5.11 Å². The second-order valence-corrected chi connectivity index (χ2v) is 15.7. The lowest BCUT2D eigenvalue weighted by atomic mass is 10.1. The topological polar surface area (TPSA) is 207 Å². The molecule has 2 N–H and O–H groups in total. The van der Waals surface area contributed by atoms with Crippen LogP contribution in [0.3, 0.4) is 0 Å². The highest BCUT2D eigenvalue weighted by Gasteiger charge is 2.33. The molecule has 0 aliphatic carbocycles.